The van der Waals surface area contributed by atoms with Crippen molar-refractivity contribution in [2.75, 3.05) is 20.2 Å². The normalized spacial score (nSPS) is 22.0. The summed E-state index contributed by atoms with van der Waals surface area (Å²) in [6.07, 6.45) is 7.91. The zero-order chi connectivity index (χ0) is 16.9. The number of hydrogen-bond donors (Lipinski definition) is 1. The van der Waals surface area contributed by atoms with Crippen molar-refractivity contribution < 1.29 is 14.6 Å². The summed E-state index contributed by atoms with van der Waals surface area (Å²) in [6, 6.07) is 0. The SMILES string of the molecule is COCn1ccnc1CN1CCC[C@](CC=C(C)C)(C(=O)O)C1. The van der Waals surface area contributed by atoms with Gasteiger partial charge in [0.15, 0.2) is 0 Å². The first-order valence-corrected chi connectivity index (χ1v) is 8.05. The number of aliphatic carboxylic acids is 1. The zero-order valence-corrected chi connectivity index (χ0v) is 14.3. The molecule has 0 spiro atoms. The summed E-state index contributed by atoms with van der Waals surface area (Å²) >= 11 is 0. The highest BCUT2D eigenvalue weighted by Gasteiger charge is 2.41. The zero-order valence-electron chi connectivity index (χ0n) is 14.3. The number of aromatic nitrogens is 2. The van der Waals surface area contributed by atoms with E-state index in [1.54, 1.807) is 13.3 Å². The van der Waals surface area contributed by atoms with E-state index in [1.807, 2.05) is 30.7 Å². The van der Waals surface area contributed by atoms with Gasteiger partial charge >= 0.3 is 5.97 Å². The first-order chi connectivity index (χ1) is 11.0. The van der Waals surface area contributed by atoms with E-state index in [0.29, 0.717) is 26.2 Å². The molecule has 0 radical (unpaired) electrons. The largest absolute Gasteiger partial charge is 0.481 e. The van der Waals surface area contributed by atoms with E-state index >= 15 is 0 Å². The first kappa shape index (κ1) is 17.7. The summed E-state index contributed by atoms with van der Waals surface area (Å²) in [7, 11) is 1.65. The maximum absolute atomic E-state index is 11.9. The molecule has 128 valence electrons. The number of piperidine rings is 1. The molecular weight excluding hydrogens is 294 g/mol. The van der Waals surface area contributed by atoms with E-state index < -0.39 is 11.4 Å². The number of hydrogen-bond acceptors (Lipinski definition) is 4. The summed E-state index contributed by atoms with van der Waals surface area (Å²) < 4.78 is 7.11. The number of allylic oxidation sites excluding steroid dienone is 2. The summed E-state index contributed by atoms with van der Waals surface area (Å²) in [4.78, 5) is 18.5. The van der Waals surface area contributed by atoms with E-state index in [2.05, 4.69) is 9.88 Å². The molecule has 0 amide bonds. The van der Waals surface area contributed by atoms with E-state index in [1.165, 1.54) is 5.57 Å². The fourth-order valence-corrected chi connectivity index (χ4v) is 3.14. The Morgan fingerprint density at radius 1 is 1.52 bits per heavy atom. The number of ether oxygens (including phenoxy) is 1. The van der Waals surface area contributed by atoms with Crippen LogP contribution in [0.1, 0.15) is 38.9 Å². The van der Waals surface area contributed by atoms with E-state index in [4.69, 9.17) is 4.74 Å². The lowest BCUT2D eigenvalue weighted by Crippen LogP contribution is -2.47. The molecule has 1 fully saturated rings. The molecule has 1 aromatic rings. The van der Waals surface area contributed by atoms with Crippen LogP contribution in [0, 0.1) is 5.41 Å². The van der Waals surface area contributed by atoms with Crippen LogP contribution in [0.15, 0.2) is 24.0 Å². The molecule has 1 aliphatic rings. The van der Waals surface area contributed by atoms with Crippen molar-refractivity contribution in [3.63, 3.8) is 0 Å². The Hall–Kier alpha value is -1.66. The van der Waals surface area contributed by atoms with Gasteiger partial charge in [0.25, 0.3) is 0 Å². The maximum Gasteiger partial charge on any atom is 0.311 e. The fraction of sp³-hybridized carbons (Fsp3) is 0.647. The molecule has 6 nitrogen and oxygen atoms in total. The summed E-state index contributed by atoms with van der Waals surface area (Å²) in [5.74, 6) is 0.218. The number of imidazole rings is 1. The van der Waals surface area contributed by atoms with Gasteiger partial charge in [-0.15, -0.1) is 0 Å². The highest BCUT2D eigenvalue weighted by Crippen LogP contribution is 2.35. The van der Waals surface area contributed by atoms with Crippen molar-refractivity contribution in [1.82, 2.24) is 14.5 Å². The van der Waals surface area contributed by atoms with Gasteiger partial charge in [-0.1, -0.05) is 11.6 Å². The van der Waals surface area contributed by atoms with E-state index in [0.717, 1.165) is 25.2 Å². The predicted molar refractivity (Wildman–Crippen MR) is 87.9 cm³/mol. The Labute approximate surface area is 137 Å². The molecular formula is C17H27N3O3. The average molecular weight is 321 g/mol. The lowest BCUT2D eigenvalue weighted by Gasteiger charge is -2.39. The Kier molecular flexibility index (Phi) is 5.96. The standard InChI is InChI=1S/C17H27N3O3/c1-14(2)5-7-17(16(21)22)6-4-9-19(12-17)11-15-18-8-10-20(15)13-23-3/h5,8,10H,4,6-7,9,11-13H2,1-3H3,(H,21,22)/t17-/m1/s1. The number of rotatable bonds is 7. The van der Waals surface area contributed by atoms with Gasteiger partial charge in [-0.2, -0.15) is 0 Å². The Bertz CT molecular complexity index is 563. The Morgan fingerprint density at radius 2 is 2.30 bits per heavy atom. The Morgan fingerprint density at radius 3 is 2.96 bits per heavy atom. The fourth-order valence-electron chi connectivity index (χ4n) is 3.14. The van der Waals surface area contributed by atoms with Crippen molar-refractivity contribution in [1.29, 1.82) is 0 Å². The van der Waals surface area contributed by atoms with Gasteiger partial charge in [-0.05, 0) is 39.7 Å². The molecule has 0 bridgehead atoms. The molecule has 2 heterocycles. The number of carbonyl (C=O) groups is 1. The van der Waals surface area contributed by atoms with Gasteiger partial charge in [-0.25, -0.2) is 4.98 Å². The topological polar surface area (TPSA) is 67.6 Å². The molecule has 0 aliphatic carbocycles. The number of carboxylic acids is 1. The van der Waals surface area contributed by atoms with Crippen molar-refractivity contribution >= 4 is 5.97 Å². The highest BCUT2D eigenvalue weighted by molar-refractivity contribution is 5.75. The van der Waals surface area contributed by atoms with Crippen molar-refractivity contribution in [3.8, 4) is 0 Å². The van der Waals surface area contributed by atoms with E-state index in [-0.39, 0.29) is 0 Å². The monoisotopic (exact) mass is 321 g/mol. The van der Waals surface area contributed by atoms with Gasteiger partial charge in [-0.3, -0.25) is 9.69 Å². The van der Waals surface area contributed by atoms with Gasteiger partial charge in [0.1, 0.15) is 12.6 Å². The molecule has 0 saturated carbocycles. The second-order valence-corrected chi connectivity index (χ2v) is 6.62. The highest BCUT2D eigenvalue weighted by atomic mass is 16.5. The van der Waals surface area contributed by atoms with E-state index in [9.17, 15) is 9.90 Å². The predicted octanol–water partition coefficient (Wildman–Crippen LogP) is 2.51. The third kappa shape index (κ3) is 4.42. The molecule has 2 rings (SSSR count). The summed E-state index contributed by atoms with van der Waals surface area (Å²) in [5.41, 5.74) is 0.479. The smallest absolute Gasteiger partial charge is 0.311 e. The minimum Gasteiger partial charge on any atom is -0.481 e. The quantitative estimate of drug-likeness (QED) is 0.782. The van der Waals surface area contributed by atoms with Crippen LogP contribution >= 0.6 is 0 Å². The lowest BCUT2D eigenvalue weighted by molar-refractivity contribution is -0.152. The average Bonchev–Trinajstić information content (AvgIpc) is 2.93. The number of methoxy groups -OCH3 is 1. The lowest BCUT2D eigenvalue weighted by atomic mass is 9.76. The minimum atomic E-state index is -0.695. The first-order valence-electron chi connectivity index (χ1n) is 8.05. The molecule has 0 aromatic carbocycles. The molecule has 1 atom stereocenters. The summed E-state index contributed by atoms with van der Waals surface area (Å²) in [5, 5.41) is 9.79. The van der Waals surface area contributed by atoms with Gasteiger partial charge in [0.2, 0.25) is 0 Å². The Balaban J connectivity index is 2.10. The van der Waals surface area contributed by atoms with Crippen LogP contribution in [0.25, 0.3) is 0 Å². The number of nitrogens with zero attached hydrogens (tertiary/aromatic N) is 3. The minimum absolute atomic E-state index is 0.463. The number of carboxylic acid groups (broad SMARTS) is 1. The van der Waals surface area contributed by atoms with Crippen LogP contribution in [-0.2, 0) is 22.8 Å². The van der Waals surface area contributed by atoms with Crippen LogP contribution in [0.3, 0.4) is 0 Å². The van der Waals surface area contributed by atoms with Crippen LogP contribution < -0.4 is 0 Å². The summed E-state index contributed by atoms with van der Waals surface area (Å²) in [6.45, 7) is 6.61. The number of likely N-dealkylation sites (tertiary alicyclic amines) is 1. The molecule has 0 unspecified atom stereocenters. The van der Waals surface area contributed by atoms with Gasteiger partial charge in [0, 0.05) is 26.0 Å². The van der Waals surface area contributed by atoms with Gasteiger partial charge < -0.3 is 14.4 Å². The van der Waals surface area contributed by atoms with Crippen LogP contribution in [0.4, 0.5) is 0 Å². The third-order valence-corrected chi connectivity index (χ3v) is 4.45. The van der Waals surface area contributed by atoms with Crippen LogP contribution in [-0.4, -0.2) is 45.7 Å². The second-order valence-electron chi connectivity index (χ2n) is 6.62. The third-order valence-electron chi connectivity index (χ3n) is 4.45. The van der Waals surface area contributed by atoms with Crippen LogP contribution in [0.2, 0.25) is 0 Å². The van der Waals surface area contributed by atoms with Crippen LogP contribution in [0.5, 0.6) is 0 Å². The molecule has 1 aromatic heterocycles. The van der Waals surface area contributed by atoms with Gasteiger partial charge in [0.05, 0.1) is 12.0 Å². The molecule has 6 heteroatoms. The maximum atomic E-state index is 11.9. The van der Waals surface area contributed by atoms with Crippen molar-refractivity contribution in [3.05, 3.63) is 29.9 Å². The molecule has 1 aliphatic heterocycles. The van der Waals surface area contributed by atoms with Crippen molar-refractivity contribution in [2.45, 2.75) is 46.4 Å². The second kappa shape index (κ2) is 7.75. The molecule has 23 heavy (non-hydrogen) atoms. The molecule has 1 saturated heterocycles. The van der Waals surface area contributed by atoms with Crippen molar-refractivity contribution in [2.24, 2.45) is 5.41 Å². The molecule has 1 N–H and O–H groups in total.